The van der Waals surface area contributed by atoms with Crippen molar-refractivity contribution in [3.05, 3.63) is 83.0 Å². The first-order valence-electron chi connectivity index (χ1n) is 15.5. The van der Waals surface area contributed by atoms with Crippen molar-refractivity contribution in [1.29, 1.82) is 0 Å². The van der Waals surface area contributed by atoms with Crippen LogP contribution in [0.25, 0.3) is 0 Å². The van der Waals surface area contributed by atoms with E-state index in [2.05, 4.69) is 53.5 Å². The second-order valence-electron chi connectivity index (χ2n) is 12.2. The van der Waals surface area contributed by atoms with Crippen LogP contribution in [0.15, 0.2) is 72.5 Å². The lowest BCUT2D eigenvalue weighted by molar-refractivity contribution is -0.126. The number of amides is 1. The van der Waals surface area contributed by atoms with Crippen molar-refractivity contribution >= 4 is 53.1 Å². The molecular weight excluding hydrogens is 605 g/mol. The van der Waals surface area contributed by atoms with Crippen molar-refractivity contribution in [3.8, 4) is 5.75 Å². The molecule has 1 unspecified atom stereocenters. The van der Waals surface area contributed by atoms with Crippen LogP contribution < -0.4 is 20.7 Å². The van der Waals surface area contributed by atoms with Gasteiger partial charge in [0, 0.05) is 36.1 Å². The third kappa shape index (κ3) is 9.69. The number of aromatic nitrogens is 2. The van der Waals surface area contributed by atoms with Gasteiger partial charge in [0.1, 0.15) is 17.9 Å². The summed E-state index contributed by atoms with van der Waals surface area (Å²) in [5, 5.41) is 7.59. The molecule has 1 aromatic heterocycles. The average molecular weight is 650 g/mol. The van der Waals surface area contributed by atoms with Crippen molar-refractivity contribution in [2.45, 2.75) is 52.9 Å². The Kier molecular flexibility index (Phi) is 11.9. The second-order valence-corrected chi connectivity index (χ2v) is 15.8. The predicted octanol–water partition coefficient (Wildman–Crippen LogP) is 8.52. The van der Waals surface area contributed by atoms with Crippen LogP contribution in [0.3, 0.4) is 0 Å². The number of hydrogen-bond acceptors (Lipinski definition) is 7. The number of benzene rings is 2. The van der Waals surface area contributed by atoms with Gasteiger partial charge < -0.3 is 24.8 Å². The van der Waals surface area contributed by atoms with Crippen molar-refractivity contribution < 1.29 is 14.1 Å². The molecule has 2 heterocycles. The summed E-state index contributed by atoms with van der Waals surface area (Å²) in [6.45, 7) is 13.7. The lowest BCUT2D eigenvalue weighted by Gasteiger charge is -2.29. The minimum absolute atomic E-state index is 0.0613. The van der Waals surface area contributed by atoms with E-state index in [1.807, 2.05) is 54.3 Å². The molecule has 10 heteroatoms. The summed E-state index contributed by atoms with van der Waals surface area (Å²) in [6.07, 6.45) is 10.0. The quantitative estimate of drug-likeness (QED) is 0.136. The number of ether oxygens (including phenoxy) is 1. The van der Waals surface area contributed by atoms with Crippen LogP contribution in [0.5, 0.6) is 5.75 Å². The fourth-order valence-corrected chi connectivity index (χ4v) is 6.46. The van der Waals surface area contributed by atoms with E-state index in [1.54, 1.807) is 19.4 Å². The average Bonchev–Trinajstić information content (AvgIpc) is 3.01. The van der Waals surface area contributed by atoms with E-state index in [0.717, 1.165) is 41.6 Å². The predicted molar refractivity (Wildman–Crippen MR) is 188 cm³/mol. The Labute approximate surface area is 272 Å². The summed E-state index contributed by atoms with van der Waals surface area (Å²) in [4.78, 5) is 24.0. The molecular formula is C35H45ClN5O3P. The molecule has 8 nitrogen and oxygen atoms in total. The highest BCUT2D eigenvalue weighted by molar-refractivity contribution is 7.70. The molecule has 4 rings (SSSR count). The maximum absolute atomic E-state index is 13.0. The molecule has 0 radical (unpaired) electrons. The van der Waals surface area contributed by atoms with Crippen LogP contribution in [0.2, 0.25) is 5.02 Å². The van der Waals surface area contributed by atoms with E-state index in [-0.39, 0.29) is 17.7 Å². The van der Waals surface area contributed by atoms with Crippen LogP contribution in [0, 0.1) is 5.92 Å². The van der Waals surface area contributed by atoms with Gasteiger partial charge in [0.05, 0.1) is 18.5 Å². The van der Waals surface area contributed by atoms with E-state index < -0.39 is 7.14 Å². The standard InChI is InChI=1S/C35H45ClN5O3P/c1-7-24(2)12-8-11-15-33(42)41-19-18-26(4)28-17-16-27(20-31(28)44-23-25(3)22-41)38-35-37-21-29(36)34(40-35)39-30-13-9-10-14-32(30)45(5,6)43/h7,9-11,13-17,20-21,25-26H,8,12,18-19,22-23H2,1-6H3,(H2,37,38,39,40)/b15-11+,24-7+/t25-,26?/m1/s1. The van der Waals surface area contributed by atoms with Gasteiger partial charge in [-0.15, -0.1) is 0 Å². The summed E-state index contributed by atoms with van der Waals surface area (Å²) in [5.74, 6) is 1.99. The highest BCUT2D eigenvalue weighted by atomic mass is 35.5. The smallest absolute Gasteiger partial charge is 0.246 e. The summed E-state index contributed by atoms with van der Waals surface area (Å²) < 4.78 is 19.2. The lowest BCUT2D eigenvalue weighted by atomic mass is 9.95. The number of hydrogen-bond donors (Lipinski definition) is 2. The third-order valence-electron chi connectivity index (χ3n) is 7.94. The van der Waals surface area contributed by atoms with Crippen LogP contribution in [0.4, 0.5) is 23.1 Å². The SMILES string of the molecule is C/C=C(\C)CC/C=C/C(=O)N1CCC(C)c2ccc(Nc3ncc(Cl)c(Nc4ccccc4P(C)(C)=O)n3)cc2OC[C@H](C)C1. The van der Waals surface area contributed by atoms with Gasteiger partial charge in [-0.3, -0.25) is 4.79 Å². The Morgan fingerprint density at radius 2 is 1.96 bits per heavy atom. The van der Waals surface area contributed by atoms with E-state index in [9.17, 15) is 9.36 Å². The molecule has 1 amide bonds. The largest absolute Gasteiger partial charge is 0.493 e. The highest BCUT2D eigenvalue weighted by Gasteiger charge is 2.22. The molecule has 0 fully saturated rings. The number of fused-ring (bicyclic) bond motifs is 1. The molecule has 0 saturated carbocycles. The first-order valence-corrected chi connectivity index (χ1v) is 18.5. The Morgan fingerprint density at radius 3 is 2.71 bits per heavy atom. The Bertz CT molecular complexity index is 1600. The second kappa shape index (κ2) is 15.6. The van der Waals surface area contributed by atoms with Gasteiger partial charge in [0.2, 0.25) is 11.9 Å². The van der Waals surface area contributed by atoms with Crippen LogP contribution in [-0.4, -0.2) is 53.8 Å². The number of nitrogens with one attached hydrogen (secondary N) is 2. The number of halogens is 1. The van der Waals surface area contributed by atoms with E-state index in [0.29, 0.717) is 42.2 Å². The monoisotopic (exact) mass is 649 g/mol. The van der Waals surface area contributed by atoms with Crippen LogP contribution >= 0.6 is 18.7 Å². The topological polar surface area (TPSA) is 96.5 Å². The molecule has 3 aromatic rings. The first-order chi connectivity index (χ1) is 21.4. The molecule has 2 aromatic carbocycles. The first kappa shape index (κ1) is 34.3. The van der Waals surface area contributed by atoms with Gasteiger partial charge in [0.15, 0.2) is 5.82 Å². The van der Waals surface area contributed by atoms with Gasteiger partial charge in [-0.2, -0.15) is 4.98 Å². The number of allylic oxidation sites excluding steroid dienone is 3. The molecule has 0 saturated heterocycles. The Morgan fingerprint density at radius 1 is 1.18 bits per heavy atom. The van der Waals surface area contributed by atoms with Crippen molar-refractivity contribution in [2.75, 3.05) is 43.7 Å². The fraction of sp³-hybridized carbons (Fsp3) is 0.400. The van der Waals surface area contributed by atoms with Gasteiger partial charge in [-0.25, -0.2) is 4.98 Å². The Balaban J connectivity index is 1.47. The van der Waals surface area contributed by atoms with Gasteiger partial charge in [0.25, 0.3) is 0 Å². The zero-order valence-corrected chi connectivity index (χ0v) is 28.8. The molecule has 1 aliphatic heterocycles. The molecule has 1 aliphatic rings. The number of carbonyl (C=O) groups is 1. The maximum atomic E-state index is 13.0. The number of rotatable bonds is 9. The summed E-state index contributed by atoms with van der Waals surface area (Å²) in [7, 11) is -2.53. The van der Waals surface area contributed by atoms with Gasteiger partial charge >= 0.3 is 0 Å². The molecule has 2 N–H and O–H groups in total. The summed E-state index contributed by atoms with van der Waals surface area (Å²) in [6, 6.07) is 13.5. The van der Waals surface area contributed by atoms with Crippen molar-refractivity contribution in [3.63, 3.8) is 0 Å². The summed E-state index contributed by atoms with van der Waals surface area (Å²) >= 11 is 6.45. The normalized spacial score (nSPS) is 17.8. The number of nitrogens with zero attached hydrogens (tertiary/aromatic N) is 3. The van der Waals surface area contributed by atoms with Crippen LogP contribution in [0.1, 0.15) is 58.4 Å². The number of para-hydroxylation sites is 1. The van der Waals surface area contributed by atoms with Gasteiger partial charge in [-0.1, -0.05) is 61.4 Å². The van der Waals surface area contributed by atoms with Crippen molar-refractivity contribution in [2.24, 2.45) is 5.92 Å². The zero-order chi connectivity index (χ0) is 32.6. The van der Waals surface area contributed by atoms with Crippen molar-refractivity contribution in [1.82, 2.24) is 14.9 Å². The molecule has 0 spiro atoms. The lowest BCUT2D eigenvalue weighted by Crippen LogP contribution is -2.37. The third-order valence-corrected chi connectivity index (χ3v) is 9.77. The molecule has 0 aliphatic carbocycles. The minimum atomic E-state index is -2.53. The van der Waals surface area contributed by atoms with Crippen LogP contribution in [-0.2, 0) is 9.36 Å². The molecule has 240 valence electrons. The molecule has 0 bridgehead atoms. The number of carbonyl (C=O) groups excluding carboxylic acids is 1. The maximum Gasteiger partial charge on any atom is 0.246 e. The zero-order valence-electron chi connectivity index (χ0n) is 27.1. The molecule has 45 heavy (non-hydrogen) atoms. The summed E-state index contributed by atoms with van der Waals surface area (Å²) in [5.41, 5.74) is 3.89. The molecule has 2 atom stereocenters. The van der Waals surface area contributed by atoms with E-state index in [1.165, 1.54) is 11.8 Å². The highest BCUT2D eigenvalue weighted by Crippen LogP contribution is 2.39. The van der Waals surface area contributed by atoms with E-state index >= 15 is 0 Å². The van der Waals surface area contributed by atoms with Gasteiger partial charge in [-0.05, 0) is 82.2 Å². The fourth-order valence-electron chi connectivity index (χ4n) is 5.17. The minimum Gasteiger partial charge on any atom is -0.493 e. The number of anilines is 4. The van der Waals surface area contributed by atoms with E-state index in [4.69, 9.17) is 16.3 Å². The Hall–Kier alpha value is -3.61.